The van der Waals surface area contributed by atoms with E-state index >= 15 is 0 Å². The summed E-state index contributed by atoms with van der Waals surface area (Å²) in [7, 11) is 0. The minimum absolute atomic E-state index is 0.472. The molecule has 0 saturated carbocycles. The van der Waals surface area contributed by atoms with Crippen LogP contribution in [0.3, 0.4) is 0 Å². The Kier molecular flexibility index (Phi) is 5.93. The van der Waals surface area contributed by atoms with Gasteiger partial charge < -0.3 is 19.2 Å². The summed E-state index contributed by atoms with van der Waals surface area (Å²) in [5, 5.41) is 3.66. The van der Waals surface area contributed by atoms with E-state index in [0.717, 1.165) is 49.7 Å². The molecule has 0 amide bonds. The first-order valence-electron chi connectivity index (χ1n) is 10.1. The molecule has 1 unspecified atom stereocenters. The molecule has 2 aromatic heterocycles. The van der Waals surface area contributed by atoms with Gasteiger partial charge in [0.05, 0.1) is 5.69 Å². The SMILES string of the molecule is Cc1cccn2cc(COc3ccc(CNC(C)C4CCOCC4)cc3)nc12. The number of hydrogen-bond donors (Lipinski definition) is 1. The number of benzene rings is 1. The molecule has 0 radical (unpaired) electrons. The molecule has 1 saturated heterocycles. The van der Waals surface area contributed by atoms with Crippen LogP contribution < -0.4 is 10.1 Å². The van der Waals surface area contributed by atoms with Crippen LogP contribution in [0.2, 0.25) is 0 Å². The fourth-order valence-electron chi connectivity index (χ4n) is 3.80. The molecular weight excluding hydrogens is 350 g/mol. The number of imidazole rings is 1. The molecule has 1 aliphatic heterocycles. The van der Waals surface area contributed by atoms with E-state index in [4.69, 9.17) is 9.47 Å². The highest BCUT2D eigenvalue weighted by molar-refractivity contribution is 5.47. The maximum Gasteiger partial charge on any atom is 0.140 e. The molecular formula is C23H29N3O2. The van der Waals surface area contributed by atoms with Crippen molar-refractivity contribution in [3.8, 4) is 5.75 Å². The van der Waals surface area contributed by atoms with Crippen LogP contribution in [0.4, 0.5) is 0 Å². The third-order valence-corrected chi connectivity index (χ3v) is 5.64. The molecule has 1 fully saturated rings. The summed E-state index contributed by atoms with van der Waals surface area (Å²) >= 11 is 0. The number of pyridine rings is 1. The number of ether oxygens (including phenoxy) is 2. The molecule has 4 rings (SSSR count). The van der Waals surface area contributed by atoms with Crippen LogP contribution in [-0.2, 0) is 17.9 Å². The largest absolute Gasteiger partial charge is 0.487 e. The summed E-state index contributed by atoms with van der Waals surface area (Å²) in [6.45, 7) is 7.50. The van der Waals surface area contributed by atoms with E-state index in [1.807, 2.05) is 35.0 Å². The third kappa shape index (κ3) is 4.54. The Morgan fingerprint density at radius 2 is 2.00 bits per heavy atom. The molecule has 5 heteroatoms. The number of nitrogens with one attached hydrogen (secondary N) is 1. The zero-order chi connectivity index (χ0) is 19.3. The number of rotatable bonds is 7. The van der Waals surface area contributed by atoms with E-state index in [1.165, 1.54) is 11.1 Å². The van der Waals surface area contributed by atoms with Gasteiger partial charge in [-0.15, -0.1) is 0 Å². The average Bonchev–Trinajstić information content (AvgIpc) is 3.16. The van der Waals surface area contributed by atoms with Crippen molar-refractivity contribution in [1.82, 2.24) is 14.7 Å². The summed E-state index contributed by atoms with van der Waals surface area (Å²) in [4.78, 5) is 4.66. The molecule has 28 heavy (non-hydrogen) atoms. The molecule has 3 heterocycles. The number of aromatic nitrogens is 2. The topological polar surface area (TPSA) is 47.8 Å². The summed E-state index contributed by atoms with van der Waals surface area (Å²) < 4.78 is 13.4. The fraction of sp³-hybridized carbons (Fsp3) is 0.435. The van der Waals surface area contributed by atoms with Crippen molar-refractivity contribution in [2.75, 3.05) is 13.2 Å². The normalized spacial score (nSPS) is 16.4. The standard InChI is InChI=1S/C23H29N3O2/c1-17-4-3-11-26-15-21(25-23(17)26)16-28-22-7-5-19(6-8-22)14-24-18(2)20-9-12-27-13-10-20/h3-8,11,15,18,20,24H,9-10,12-14,16H2,1-2H3. The smallest absolute Gasteiger partial charge is 0.140 e. The monoisotopic (exact) mass is 379 g/mol. The van der Waals surface area contributed by atoms with Gasteiger partial charge in [0, 0.05) is 38.2 Å². The van der Waals surface area contributed by atoms with Gasteiger partial charge in [-0.05, 0) is 61.9 Å². The van der Waals surface area contributed by atoms with Crippen molar-refractivity contribution in [3.63, 3.8) is 0 Å². The van der Waals surface area contributed by atoms with Crippen LogP contribution >= 0.6 is 0 Å². The second kappa shape index (κ2) is 8.76. The van der Waals surface area contributed by atoms with Gasteiger partial charge in [0.25, 0.3) is 0 Å². The van der Waals surface area contributed by atoms with Gasteiger partial charge in [0.2, 0.25) is 0 Å². The van der Waals surface area contributed by atoms with E-state index in [1.54, 1.807) is 0 Å². The van der Waals surface area contributed by atoms with Crippen molar-refractivity contribution in [1.29, 1.82) is 0 Å². The second-order valence-corrected chi connectivity index (χ2v) is 7.71. The molecule has 0 bridgehead atoms. The molecule has 0 spiro atoms. The van der Waals surface area contributed by atoms with Crippen molar-refractivity contribution in [3.05, 3.63) is 65.6 Å². The van der Waals surface area contributed by atoms with E-state index in [0.29, 0.717) is 18.6 Å². The molecule has 1 N–H and O–H groups in total. The molecule has 3 aromatic rings. The third-order valence-electron chi connectivity index (χ3n) is 5.64. The van der Waals surface area contributed by atoms with Gasteiger partial charge in [-0.1, -0.05) is 18.2 Å². The first kappa shape index (κ1) is 19.0. The van der Waals surface area contributed by atoms with Gasteiger partial charge in [0.1, 0.15) is 18.0 Å². The lowest BCUT2D eigenvalue weighted by Gasteiger charge is -2.28. The average molecular weight is 380 g/mol. The number of fused-ring (bicyclic) bond motifs is 1. The van der Waals surface area contributed by atoms with Crippen molar-refractivity contribution < 1.29 is 9.47 Å². The minimum atomic E-state index is 0.472. The molecule has 5 nitrogen and oxygen atoms in total. The zero-order valence-corrected chi connectivity index (χ0v) is 16.7. The maximum atomic E-state index is 5.93. The molecule has 1 atom stereocenters. The van der Waals surface area contributed by atoms with Gasteiger partial charge in [0.15, 0.2) is 0 Å². The lowest BCUT2D eigenvalue weighted by Crippen LogP contribution is -2.36. The first-order valence-corrected chi connectivity index (χ1v) is 10.1. The van der Waals surface area contributed by atoms with Crippen LogP contribution in [0.1, 0.15) is 36.6 Å². The Hall–Kier alpha value is -2.37. The number of hydrogen-bond acceptors (Lipinski definition) is 4. The summed E-state index contributed by atoms with van der Waals surface area (Å²) in [6.07, 6.45) is 6.35. The van der Waals surface area contributed by atoms with Gasteiger partial charge in [-0.3, -0.25) is 0 Å². The number of aryl methyl sites for hydroxylation is 1. The van der Waals surface area contributed by atoms with Crippen molar-refractivity contribution >= 4 is 5.65 Å². The van der Waals surface area contributed by atoms with Crippen LogP contribution in [0.25, 0.3) is 5.65 Å². The quantitative estimate of drug-likeness (QED) is 0.671. The predicted molar refractivity (Wildman–Crippen MR) is 111 cm³/mol. The lowest BCUT2D eigenvalue weighted by molar-refractivity contribution is 0.0558. The van der Waals surface area contributed by atoms with Crippen LogP contribution in [0.15, 0.2) is 48.8 Å². The van der Waals surface area contributed by atoms with E-state index in [-0.39, 0.29) is 0 Å². The minimum Gasteiger partial charge on any atom is -0.487 e. The van der Waals surface area contributed by atoms with Crippen molar-refractivity contribution in [2.24, 2.45) is 5.92 Å². The van der Waals surface area contributed by atoms with E-state index in [9.17, 15) is 0 Å². The number of nitrogens with zero attached hydrogens (tertiary/aromatic N) is 2. The Bertz CT molecular complexity index is 898. The Morgan fingerprint density at radius 3 is 2.75 bits per heavy atom. The molecule has 1 aliphatic rings. The van der Waals surface area contributed by atoms with Gasteiger partial charge in [-0.2, -0.15) is 0 Å². The highest BCUT2D eigenvalue weighted by atomic mass is 16.5. The van der Waals surface area contributed by atoms with E-state index < -0.39 is 0 Å². The first-order chi connectivity index (χ1) is 13.7. The van der Waals surface area contributed by atoms with Crippen LogP contribution in [0, 0.1) is 12.8 Å². The Balaban J connectivity index is 1.28. The van der Waals surface area contributed by atoms with E-state index in [2.05, 4.69) is 42.3 Å². The predicted octanol–water partition coefficient (Wildman–Crippen LogP) is 4.13. The van der Waals surface area contributed by atoms with Gasteiger partial charge >= 0.3 is 0 Å². The van der Waals surface area contributed by atoms with Crippen LogP contribution in [0.5, 0.6) is 5.75 Å². The lowest BCUT2D eigenvalue weighted by atomic mass is 9.93. The zero-order valence-electron chi connectivity index (χ0n) is 16.7. The molecule has 1 aromatic carbocycles. The molecule has 0 aliphatic carbocycles. The summed E-state index contributed by atoms with van der Waals surface area (Å²) in [5.74, 6) is 1.58. The Labute approximate surface area is 166 Å². The van der Waals surface area contributed by atoms with Crippen molar-refractivity contribution in [2.45, 2.75) is 45.9 Å². The maximum absolute atomic E-state index is 5.93. The summed E-state index contributed by atoms with van der Waals surface area (Å²) in [5.41, 5.74) is 4.36. The van der Waals surface area contributed by atoms with Crippen LogP contribution in [-0.4, -0.2) is 28.6 Å². The Morgan fingerprint density at radius 1 is 1.21 bits per heavy atom. The van der Waals surface area contributed by atoms with Gasteiger partial charge in [-0.25, -0.2) is 4.98 Å². The summed E-state index contributed by atoms with van der Waals surface area (Å²) in [6, 6.07) is 13.0. The second-order valence-electron chi connectivity index (χ2n) is 7.71. The molecule has 148 valence electrons. The fourth-order valence-corrected chi connectivity index (χ4v) is 3.80. The highest BCUT2D eigenvalue weighted by Gasteiger charge is 2.19. The highest BCUT2D eigenvalue weighted by Crippen LogP contribution is 2.20.